The minimum Gasteiger partial charge on any atom is -0.380 e. The number of halogens is 3. The molecule has 1 aliphatic rings. The van der Waals surface area contributed by atoms with Crippen molar-refractivity contribution in [2.24, 2.45) is 0 Å². The molecule has 1 aromatic carbocycles. The number of hydrogen-bond donors (Lipinski definition) is 2. The van der Waals surface area contributed by atoms with E-state index in [0.717, 1.165) is 24.2 Å². The fraction of sp³-hybridized carbons (Fsp3) is 0.455. The van der Waals surface area contributed by atoms with Crippen LogP contribution in [0.3, 0.4) is 0 Å². The van der Waals surface area contributed by atoms with E-state index in [1.54, 1.807) is 17.9 Å². The fourth-order valence-corrected chi connectivity index (χ4v) is 3.31. The zero-order valence-electron chi connectivity index (χ0n) is 17.9. The average Bonchev–Trinajstić information content (AvgIpc) is 2.78. The standard InChI is InChI=1S/C22H27F3N4O3/c1-15(21-19(25)12-18(24)13-26-21)27-14-32-10-7-29-6-9-31-8-2-3-16-11-17(23)4-5-20(16)28-22(29)30/h4-5,11-13,15,27H,2-3,6-10,14H2,1H3,(H,28,30)/t15-/m0/s1. The Labute approximate surface area is 184 Å². The number of pyridine rings is 1. The highest BCUT2D eigenvalue weighted by atomic mass is 19.1. The molecular weight excluding hydrogens is 425 g/mol. The van der Waals surface area contributed by atoms with Gasteiger partial charge in [0.05, 0.1) is 37.9 Å². The van der Waals surface area contributed by atoms with E-state index in [9.17, 15) is 18.0 Å². The van der Waals surface area contributed by atoms with Crippen molar-refractivity contribution < 1.29 is 27.4 Å². The molecule has 1 aromatic heterocycles. The number of fused-ring (bicyclic) bond motifs is 1. The van der Waals surface area contributed by atoms with Gasteiger partial charge in [-0.3, -0.25) is 10.3 Å². The summed E-state index contributed by atoms with van der Waals surface area (Å²) in [7, 11) is 0. The van der Waals surface area contributed by atoms with Crippen LogP contribution in [-0.4, -0.2) is 55.6 Å². The average molecular weight is 452 g/mol. The van der Waals surface area contributed by atoms with Gasteiger partial charge in [-0.05, 0) is 43.5 Å². The summed E-state index contributed by atoms with van der Waals surface area (Å²) in [6, 6.07) is 4.27. The van der Waals surface area contributed by atoms with Gasteiger partial charge in [0.15, 0.2) is 0 Å². The smallest absolute Gasteiger partial charge is 0.322 e. The third kappa shape index (κ3) is 6.91. The number of nitrogens with zero attached hydrogens (tertiary/aromatic N) is 2. The van der Waals surface area contributed by atoms with Crippen molar-refractivity contribution in [2.45, 2.75) is 25.8 Å². The molecule has 3 rings (SSSR count). The van der Waals surface area contributed by atoms with Crippen LogP contribution in [0.15, 0.2) is 30.5 Å². The molecule has 2 N–H and O–H groups in total. The van der Waals surface area contributed by atoms with Crippen molar-refractivity contribution in [3.63, 3.8) is 0 Å². The van der Waals surface area contributed by atoms with Gasteiger partial charge in [0.1, 0.15) is 17.5 Å². The first-order valence-corrected chi connectivity index (χ1v) is 10.5. The molecule has 1 aliphatic heterocycles. The van der Waals surface area contributed by atoms with Gasteiger partial charge in [-0.2, -0.15) is 0 Å². The van der Waals surface area contributed by atoms with Gasteiger partial charge >= 0.3 is 6.03 Å². The summed E-state index contributed by atoms with van der Waals surface area (Å²) < 4.78 is 51.5. The number of aromatic nitrogens is 1. The number of aryl methyl sites for hydroxylation is 1. The van der Waals surface area contributed by atoms with Crippen molar-refractivity contribution in [1.82, 2.24) is 15.2 Å². The Morgan fingerprint density at radius 2 is 2.09 bits per heavy atom. The second kappa shape index (κ2) is 11.8. The Hall–Kier alpha value is -2.69. The van der Waals surface area contributed by atoms with Crippen LogP contribution < -0.4 is 10.6 Å². The molecular formula is C22H27F3N4O3. The van der Waals surface area contributed by atoms with Crippen LogP contribution in [-0.2, 0) is 15.9 Å². The van der Waals surface area contributed by atoms with Gasteiger partial charge in [-0.15, -0.1) is 0 Å². The van der Waals surface area contributed by atoms with Gasteiger partial charge in [0.25, 0.3) is 0 Å². The largest absolute Gasteiger partial charge is 0.380 e. The molecule has 2 aromatic rings. The molecule has 2 amide bonds. The topological polar surface area (TPSA) is 75.7 Å². The van der Waals surface area contributed by atoms with Crippen molar-refractivity contribution in [1.29, 1.82) is 0 Å². The predicted molar refractivity (Wildman–Crippen MR) is 113 cm³/mol. The second-order valence-electron chi connectivity index (χ2n) is 7.43. The molecule has 0 fully saturated rings. The van der Waals surface area contributed by atoms with Gasteiger partial charge in [-0.1, -0.05) is 0 Å². The van der Waals surface area contributed by atoms with E-state index in [1.165, 1.54) is 12.1 Å². The van der Waals surface area contributed by atoms with Crippen LogP contribution in [0.4, 0.5) is 23.7 Å². The number of benzene rings is 1. The molecule has 0 unspecified atom stereocenters. The highest BCUT2D eigenvalue weighted by Gasteiger charge is 2.17. The zero-order valence-corrected chi connectivity index (χ0v) is 17.9. The van der Waals surface area contributed by atoms with Gasteiger partial charge in [-0.25, -0.2) is 18.0 Å². The number of hydrogen-bond acceptors (Lipinski definition) is 5. The van der Waals surface area contributed by atoms with E-state index in [-0.39, 0.29) is 30.9 Å². The molecule has 0 bridgehead atoms. The molecule has 1 atom stereocenters. The van der Waals surface area contributed by atoms with E-state index in [4.69, 9.17) is 9.47 Å². The van der Waals surface area contributed by atoms with E-state index < -0.39 is 17.7 Å². The van der Waals surface area contributed by atoms with E-state index in [1.807, 2.05) is 0 Å². The number of anilines is 1. The van der Waals surface area contributed by atoms with Crippen LogP contribution in [0.25, 0.3) is 0 Å². The summed E-state index contributed by atoms with van der Waals surface area (Å²) in [4.78, 5) is 18.0. The van der Waals surface area contributed by atoms with Crippen molar-refractivity contribution in [2.75, 3.05) is 45.0 Å². The van der Waals surface area contributed by atoms with Gasteiger partial charge in [0.2, 0.25) is 0 Å². The lowest BCUT2D eigenvalue weighted by atomic mass is 10.1. The maximum Gasteiger partial charge on any atom is 0.322 e. The number of carbonyl (C=O) groups is 1. The Kier molecular flexibility index (Phi) is 8.83. The lowest BCUT2D eigenvalue weighted by Gasteiger charge is -2.23. The normalized spacial score (nSPS) is 16.1. The van der Waals surface area contributed by atoms with Crippen molar-refractivity contribution in [3.8, 4) is 0 Å². The molecule has 174 valence electrons. The summed E-state index contributed by atoms with van der Waals surface area (Å²) in [5.41, 5.74) is 1.39. The number of ether oxygens (including phenoxy) is 2. The van der Waals surface area contributed by atoms with Crippen LogP contribution >= 0.6 is 0 Å². The molecule has 0 radical (unpaired) electrons. The highest BCUT2D eigenvalue weighted by Crippen LogP contribution is 2.20. The number of carbonyl (C=O) groups excluding carboxylic acids is 1. The first kappa shape index (κ1) is 24.0. The Morgan fingerprint density at radius 1 is 1.25 bits per heavy atom. The number of urea groups is 1. The summed E-state index contributed by atoms with van der Waals surface area (Å²) in [6.45, 7) is 3.57. The van der Waals surface area contributed by atoms with Crippen LogP contribution in [0, 0.1) is 17.5 Å². The van der Waals surface area contributed by atoms with E-state index >= 15 is 0 Å². The molecule has 0 saturated heterocycles. The van der Waals surface area contributed by atoms with Crippen molar-refractivity contribution in [3.05, 3.63) is 59.2 Å². The third-order valence-electron chi connectivity index (χ3n) is 5.08. The lowest BCUT2D eigenvalue weighted by Crippen LogP contribution is -2.40. The first-order chi connectivity index (χ1) is 15.4. The predicted octanol–water partition coefficient (Wildman–Crippen LogP) is 3.62. The molecule has 0 saturated carbocycles. The third-order valence-corrected chi connectivity index (χ3v) is 5.08. The summed E-state index contributed by atoms with van der Waals surface area (Å²) in [5.74, 6) is -1.82. The van der Waals surface area contributed by atoms with Gasteiger partial charge < -0.3 is 19.7 Å². The maximum absolute atomic E-state index is 13.8. The molecule has 7 nitrogen and oxygen atoms in total. The molecule has 0 aliphatic carbocycles. The SMILES string of the molecule is C[C@H](NCOCCN1CCOCCCc2cc(F)ccc2NC1=O)c1ncc(F)cc1F. The van der Waals surface area contributed by atoms with Crippen LogP contribution in [0.2, 0.25) is 0 Å². The minimum absolute atomic E-state index is 0.0910. The van der Waals surface area contributed by atoms with E-state index in [2.05, 4.69) is 15.6 Å². The highest BCUT2D eigenvalue weighted by molar-refractivity contribution is 5.90. The Balaban J connectivity index is 1.49. The number of rotatable bonds is 7. The minimum atomic E-state index is -0.736. The first-order valence-electron chi connectivity index (χ1n) is 10.5. The quantitative estimate of drug-likeness (QED) is 0.496. The molecule has 2 heterocycles. The lowest BCUT2D eigenvalue weighted by molar-refractivity contribution is 0.0763. The van der Waals surface area contributed by atoms with Crippen LogP contribution in [0.1, 0.15) is 30.6 Å². The molecule has 10 heteroatoms. The monoisotopic (exact) mass is 452 g/mol. The number of amides is 2. The second-order valence-corrected chi connectivity index (χ2v) is 7.43. The number of nitrogens with one attached hydrogen (secondary N) is 2. The van der Waals surface area contributed by atoms with Gasteiger partial charge in [0, 0.05) is 31.5 Å². The Morgan fingerprint density at radius 3 is 2.91 bits per heavy atom. The summed E-state index contributed by atoms with van der Waals surface area (Å²) in [5, 5.41) is 5.79. The van der Waals surface area contributed by atoms with Crippen LogP contribution in [0.5, 0.6) is 0 Å². The summed E-state index contributed by atoms with van der Waals surface area (Å²) >= 11 is 0. The van der Waals surface area contributed by atoms with E-state index in [0.29, 0.717) is 38.4 Å². The fourth-order valence-electron chi connectivity index (χ4n) is 3.31. The maximum atomic E-state index is 13.8. The summed E-state index contributed by atoms with van der Waals surface area (Å²) in [6.07, 6.45) is 2.28. The molecule has 32 heavy (non-hydrogen) atoms. The van der Waals surface area contributed by atoms with Crippen molar-refractivity contribution >= 4 is 11.7 Å². The Bertz CT molecular complexity index is 916. The zero-order chi connectivity index (χ0) is 22.9. The molecule has 0 spiro atoms.